The van der Waals surface area contributed by atoms with Crippen molar-refractivity contribution in [2.24, 2.45) is 0 Å². The Kier molecular flexibility index (Phi) is 3.44. The lowest BCUT2D eigenvalue weighted by Crippen LogP contribution is -2.31. The first-order valence-electron chi connectivity index (χ1n) is 5.23. The van der Waals surface area contributed by atoms with E-state index in [1.807, 2.05) is 6.07 Å². The van der Waals surface area contributed by atoms with Crippen LogP contribution in [0.5, 0.6) is 0 Å². The Bertz CT molecular complexity index is 359. The molecule has 0 atom stereocenters. The second-order valence-electron chi connectivity index (χ2n) is 3.82. The van der Waals surface area contributed by atoms with Gasteiger partial charge in [0.2, 0.25) is 0 Å². The van der Waals surface area contributed by atoms with Crippen molar-refractivity contribution in [1.29, 1.82) is 0 Å². The third kappa shape index (κ3) is 2.80. The minimum absolute atomic E-state index is 0.195. The van der Waals surface area contributed by atoms with Gasteiger partial charge in [0.25, 0.3) is 0 Å². The molecular formula is C11H14ClNOS. The first kappa shape index (κ1) is 11.1. The van der Waals surface area contributed by atoms with Gasteiger partial charge in [-0.2, -0.15) is 0 Å². The van der Waals surface area contributed by atoms with Crippen LogP contribution in [0, 0.1) is 0 Å². The Morgan fingerprint density at radius 1 is 1.60 bits per heavy atom. The van der Waals surface area contributed by atoms with E-state index in [0.717, 1.165) is 11.4 Å². The minimum atomic E-state index is 0.195. The summed E-state index contributed by atoms with van der Waals surface area (Å²) < 4.78 is 0.688. The Hall–Kier alpha value is -0.380. The molecule has 0 saturated heterocycles. The second-order valence-corrected chi connectivity index (χ2v) is 5.54. The largest absolute Gasteiger partial charge is 0.293 e. The molecule has 0 N–H and O–H groups in total. The maximum absolute atomic E-state index is 11.9. The van der Waals surface area contributed by atoms with Gasteiger partial charge in [-0.1, -0.05) is 18.5 Å². The fourth-order valence-electron chi connectivity index (χ4n) is 1.67. The zero-order valence-corrected chi connectivity index (χ0v) is 10.3. The average molecular weight is 244 g/mol. The number of halogens is 1. The molecular weight excluding hydrogens is 230 g/mol. The molecule has 0 spiro atoms. The number of hydrogen-bond donors (Lipinski definition) is 0. The van der Waals surface area contributed by atoms with E-state index >= 15 is 0 Å². The molecule has 0 unspecified atom stereocenters. The topological polar surface area (TPSA) is 20.3 Å². The number of likely N-dealkylation sites (N-methyl/N-ethyl adjacent to an activating group) is 1. The molecule has 1 aliphatic carbocycles. The number of Topliss-reactive ketones (excluding diaryl/α,β-unsaturated/α-hetero) is 1. The van der Waals surface area contributed by atoms with Gasteiger partial charge in [-0.25, -0.2) is 0 Å². The Labute approximate surface area is 98.8 Å². The standard InChI is InChI=1S/C11H14ClNOS/c1-2-13(8-3-4-8)7-9(14)10-5-6-11(12)15-10/h5-6,8H,2-4,7H2,1H3. The average Bonchev–Trinajstić information content (AvgIpc) is 2.97. The van der Waals surface area contributed by atoms with Crippen molar-refractivity contribution < 1.29 is 4.79 Å². The summed E-state index contributed by atoms with van der Waals surface area (Å²) in [6, 6.07) is 4.25. The summed E-state index contributed by atoms with van der Waals surface area (Å²) in [6.07, 6.45) is 2.48. The van der Waals surface area contributed by atoms with Crippen LogP contribution >= 0.6 is 22.9 Å². The SMILES string of the molecule is CCN(CC(=O)c1ccc(Cl)s1)C1CC1. The van der Waals surface area contributed by atoms with Gasteiger partial charge >= 0.3 is 0 Å². The monoisotopic (exact) mass is 243 g/mol. The molecule has 0 amide bonds. The summed E-state index contributed by atoms with van der Waals surface area (Å²) in [5.41, 5.74) is 0. The van der Waals surface area contributed by atoms with Gasteiger partial charge in [-0.05, 0) is 31.5 Å². The number of ketones is 1. The Morgan fingerprint density at radius 3 is 2.80 bits per heavy atom. The quantitative estimate of drug-likeness (QED) is 0.741. The highest BCUT2D eigenvalue weighted by molar-refractivity contribution is 7.18. The highest BCUT2D eigenvalue weighted by Gasteiger charge is 2.29. The lowest BCUT2D eigenvalue weighted by atomic mass is 10.3. The van der Waals surface area contributed by atoms with Crippen LogP contribution in [0.3, 0.4) is 0 Å². The van der Waals surface area contributed by atoms with E-state index in [0.29, 0.717) is 16.9 Å². The second kappa shape index (κ2) is 4.64. The zero-order valence-electron chi connectivity index (χ0n) is 8.70. The molecule has 0 radical (unpaired) electrons. The summed E-state index contributed by atoms with van der Waals surface area (Å²) >= 11 is 7.17. The van der Waals surface area contributed by atoms with Gasteiger partial charge in [-0.3, -0.25) is 9.69 Å². The van der Waals surface area contributed by atoms with Gasteiger partial charge in [-0.15, -0.1) is 11.3 Å². The number of rotatable bonds is 5. The minimum Gasteiger partial charge on any atom is -0.293 e. The van der Waals surface area contributed by atoms with Gasteiger partial charge in [0.15, 0.2) is 5.78 Å². The van der Waals surface area contributed by atoms with Crippen LogP contribution in [0.2, 0.25) is 4.34 Å². The van der Waals surface area contributed by atoms with Crippen LogP contribution in [0.25, 0.3) is 0 Å². The van der Waals surface area contributed by atoms with Crippen molar-refractivity contribution >= 4 is 28.7 Å². The molecule has 1 fully saturated rings. The maximum Gasteiger partial charge on any atom is 0.186 e. The molecule has 1 saturated carbocycles. The van der Waals surface area contributed by atoms with Crippen molar-refractivity contribution in [3.05, 3.63) is 21.3 Å². The van der Waals surface area contributed by atoms with E-state index in [4.69, 9.17) is 11.6 Å². The molecule has 1 aliphatic rings. The Morgan fingerprint density at radius 2 is 2.33 bits per heavy atom. The number of thiophene rings is 1. The molecule has 15 heavy (non-hydrogen) atoms. The maximum atomic E-state index is 11.9. The molecule has 1 aromatic rings. The molecule has 0 aliphatic heterocycles. The number of carbonyl (C=O) groups is 1. The van der Waals surface area contributed by atoms with E-state index < -0.39 is 0 Å². The predicted molar refractivity (Wildman–Crippen MR) is 63.9 cm³/mol. The normalized spacial score (nSPS) is 15.9. The van der Waals surface area contributed by atoms with Crippen LogP contribution in [0.4, 0.5) is 0 Å². The van der Waals surface area contributed by atoms with Crippen LogP contribution in [-0.4, -0.2) is 29.8 Å². The lowest BCUT2D eigenvalue weighted by Gasteiger charge is -2.17. The van der Waals surface area contributed by atoms with Crippen LogP contribution < -0.4 is 0 Å². The van der Waals surface area contributed by atoms with Crippen molar-refractivity contribution in [2.45, 2.75) is 25.8 Å². The molecule has 1 aromatic heterocycles. The lowest BCUT2D eigenvalue weighted by molar-refractivity contribution is 0.0933. The first-order chi connectivity index (χ1) is 7.20. The van der Waals surface area contributed by atoms with Crippen LogP contribution in [0.15, 0.2) is 12.1 Å². The first-order valence-corrected chi connectivity index (χ1v) is 6.42. The number of hydrogen-bond acceptors (Lipinski definition) is 3. The van der Waals surface area contributed by atoms with Gasteiger partial charge in [0.1, 0.15) is 0 Å². The summed E-state index contributed by atoms with van der Waals surface area (Å²) in [7, 11) is 0. The van der Waals surface area contributed by atoms with Crippen molar-refractivity contribution in [1.82, 2.24) is 4.90 Å². The van der Waals surface area contributed by atoms with Crippen molar-refractivity contribution in [2.75, 3.05) is 13.1 Å². The van der Waals surface area contributed by atoms with Gasteiger partial charge < -0.3 is 0 Å². The third-order valence-corrected chi connectivity index (χ3v) is 3.94. The molecule has 82 valence electrons. The van der Waals surface area contributed by atoms with E-state index in [9.17, 15) is 4.79 Å². The van der Waals surface area contributed by atoms with E-state index in [2.05, 4.69) is 11.8 Å². The Balaban J connectivity index is 1.96. The molecule has 4 heteroatoms. The highest BCUT2D eigenvalue weighted by Crippen LogP contribution is 2.27. The molecule has 2 nitrogen and oxygen atoms in total. The smallest absolute Gasteiger partial charge is 0.186 e. The number of nitrogens with zero attached hydrogens (tertiary/aromatic N) is 1. The van der Waals surface area contributed by atoms with E-state index in [1.54, 1.807) is 6.07 Å². The van der Waals surface area contributed by atoms with Crippen molar-refractivity contribution in [3.8, 4) is 0 Å². The van der Waals surface area contributed by atoms with E-state index in [1.165, 1.54) is 24.2 Å². The fraction of sp³-hybridized carbons (Fsp3) is 0.545. The highest BCUT2D eigenvalue weighted by atomic mass is 35.5. The zero-order chi connectivity index (χ0) is 10.8. The van der Waals surface area contributed by atoms with Gasteiger partial charge in [0.05, 0.1) is 15.8 Å². The molecule has 1 heterocycles. The molecule has 0 bridgehead atoms. The van der Waals surface area contributed by atoms with Crippen LogP contribution in [-0.2, 0) is 0 Å². The fourth-order valence-corrected chi connectivity index (χ4v) is 2.64. The third-order valence-electron chi connectivity index (χ3n) is 2.66. The predicted octanol–water partition coefficient (Wildman–Crippen LogP) is 3.07. The summed E-state index contributed by atoms with van der Waals surface area (Å²) in [5.74, 6) is 0.195. The summed E-state index contributed by atoms with van der Waals surface area (Å²) in [5, 5.41) is 0. The molecule has 2 rings (SSSR count). The van der Waals surface area contributed by atoms with Gasteiger partial charge in [0, 0.05) is 6.04 Å². The summed E-state index contributed by atoms with van der Waals surface area (Å²) in [4.78, 5) is 14.9. The number of carbonyl (C=O) groups excluding carboxylic acids is 1. The van der Waals surface area contributed by atoms with Crippen LogP contribution in [0.1, 0.15) is 29.4 Å². The summed E-state index contributed by atoms with van der Waals surface area (Å²) in [6.45, 7) is 3.60. The van der Waals surface area contributed by atoms with Crippen molar-refractivity contribution in [3.63, 3.8) is 0 Å². The molecule has 0 aromatic carbocycles. The van der Waals surface area contributed by atoms with E-state index in [-0.39, 0.29) is 5.78 Å².